The van der Waals surface area contributed by atoms with E-state index < -0.39 is 0 Å². The minimum absolute atomic E-state index is 0.273. The van der Waals surface area contributed by atoms with Crippen molar-refractivity contribution in [1.82, 2.24) is 14.9 Å². The third-order valence-electron chi connectivity index (χ3n) is 1.72. The summed E-state index contributed by atoms with van der Waals surface area (Å²) in [4.78, 5) is 14.8. The van der Waals surface area contributed by atoms with E-state index in [-0.39, 0.29) is 11.5 Å². The lowest BCUT2D eigenvalue weighted by Gasteiger charge is -2.03. The molecule has 0 radical (unpaired) electrons. The Labute approximate surface area is 76.6 Å². The van der Waals surface area contributed by atoms with Gasteiger partial charge >= 0.3 is 5.69 Å². The average molecular weight is 182 g/mol. The Morgan fingerprint density at radius 1 is 1.69 bits per heavy atom. The van der Waals surface area contributed by atoms with Crippen molar-refractivity contribution in [2.24, 2.45) is 0 Å². The van der Waals surface area contributed by atoms with E-state index in [1.54, 1.807) is 16.8 Å². The molecule has 3 N–H and O–H groups in total. The van der Waals surface area contributed by atoms with E-state index in [2.05, 4.69) is 10.3 Å². The maximum absolute atomic E-state index is 11.2. The number of anilines is 1. The summed E-state index contributed by atoms with van der Waals surface area (Å²) < 4.78 is 1.55. The predicted octanol–water partition coefficient (Wildman–Crippen LogP) is -0.565. The van der Waals surface area contributed by atoms with Crippen LogP contribution in [0, 0.1) is 0 Å². The first-order chi connectivity index (χ1) is 6.24. The van der Waals surface area contributed by atoms with Gasteiger partial charge in [0.2, 0.25) is 0 Å². The molecular formula is C8H14N4O. The van der Waals surface area contributed by atoms with E-state index in [1.165, 1.54) is 0 Å². The third-order valence-corrected chi connectivity index (χ3v) is 1.72. The standard InChI is InChI=1S/C8H14N4O/c1-10-4-2-5-12-6-3-7(9)11-8(12)13/h3,6,10H,2,4-5H2,1H3,(H2,9,11,13). The summed E-state index contributed by atoms with van der Waals surface area (Å²) in [5, 5.41) is 3.01. The lowest BCUT2D eigenvalue weighted by atomic mass is 10.4. The van der Waals surface area contributed by atoms with Gasteiger partial charge in [0.1, 0.15) is 5.82 Å². The molecule has 0 saturated carbocycles. The molecule has 13 heavy (non-hydrogen) atoms. The van der Waals surface area contributed by atoms with E-state index in [1.807, 2.05) is 7.05 Å². The third kappa shape index (κ3) is 2.87. The monoisotopic (exact) mass is 182 g/mol. The maximum atomic E-state index is 11.2. The Morgan fingerprint density at radius 2 is 2.46 bits per heavy atom. The zero-order chi connectivity index (χ0) is 9.68. The van der Waals surface area contributed by atoms with Crippen LogP contribution in [0.4, 0.5) is 5.82 Å². The van der Waals surface area contributed by atoms with Crippen LogP contribution in [-0.4, -0.2) is 23.1 Å². The smallest absolute Gasteiger partial charge is 0.349 e. The molecule has 0 aromatic carbocycles. The van der Waals surface area contributed by atoms with Gasteiger partial charge in [-0.05, 0) is 26.1 Å². The highest BCUT2D eigenvalue weighted by atomic mass is 16.1. The van der Waals surface area contributed by atoms with Crippen LogP contribution in [0.3, 0.4) is 0 Å². The van der Waals surface area contributed by atoms with E-state index in [0.717, 1.165) is 13.0 Å². The molecule has 72 valence electrons. The fourth-order valence-corrected chi connectivity index (χ4v) is 1.04. The lowest BCUT2D eigenvalue weighted by molar-refractivity contribution is 0.587. The zero-order valence-corrected chi connectivity index (χ0v) is 7.66. The van der Waals surface area contributed by atoms with E-state index >= 15 is 0 Å². The average Bonchev–Trinajstić information content (AvgIpc) is 2.09. The van der Waals surface area contributed by atoms with Crippen LogP contribution in [0.5, 0.6) is 0 Å². The quantitative estimate of drug-likeness (QED) is 0.612. The Hall–Kier alpha value is -1.36. The summed E-state index contributed by atoms with van der Waals surface area (Å²) in [6.07, 6.45) is 2.57. The molecule has 1 rings (SSSR count). The van der Waals surface area contributed by atoms with Crippen molar-refractivity contribution in [3.63, 3.8) is 0 Å². The molecule has 0 aliphatic rings. The highest BCUT2D eigenvalue weighted by Gasteiger charge is 1.96. The Morgan fingerprint density at radius 3 is 3.08 bits per heavy atom. The van der Waals surface area contributed by atoms with Crippen molar-refractivity contribution in [2.45, 2.75) is 13.0 Å². The van der Waals surface area contributed by atoms with Crippen molar-refractivity contribution >= 4 is 5.82 Å². The topological polar surface area (TPSA) is 72.9 Å². The van der Waals surface area contributed by atoms with E-state index in [9.17, 15) is 4.79 Å². The summed E-state index contributed by atoms with van der Waals surface area (Å²) in [6, 6.07) is 1.63. The van der Waals surface area contributed by atoms with Gasteiger partial charge in [0, 0.05) is 12.7 Å². The van der Waals surface area contributed by atoms with Crippen LogP contribution >= 0.6 is 0 Å². The van der Waals surface area contributed by atoms with Crippen LogP contribution in [0.25, 0.3) is 0 Å². The van der Waals surface area contributed by atoms with Crippen molar-refractivity contribution < 1.29 is 0 Å². The van der Waals surface area contributed by atoms with Gasteiger partial charge < -0.3 is 11.1 Å². The Kier molecular flexibility index (Phi) is 3.45. The molecule has 0 amide bonds. The summed E-state index contributed by atoms with van der Waals surface area (Å²) in [5.41, 5.74) is 5.06. The number of hydrogen-bond donors (Lipinski definition) is 2. The molecule has 0 unspecified atom stereocenters. The molecule has 0 bridgehead atoms. The van der Waals surface area contributed by atoms with Gasteiger partial charge in [-0.15, -0.1) is 0 Å². The second-order valence-electron chi connectivity index (χ2n) is 2.79. The number of nitrogens with two attached hydrogens (primary N) is 1. The normalized spacial score (nSPS) is 10.2. The van der Waals surface area contributed by atoms with Crippen LogP contribution in [0.1, 0.15) is 6.42 Å². The largest absolute Gasteiger partial charge is 0.383 e. The van der Waals surface area contributed by atoms with Crippen LogP contribution in [-0.2, 0) is 6.54 Å². The van der Waals surface area contributed by atoms with Crippen molar-refractivity contribution in [2.75, 3.05) is 19.3 Å². The van der Waals surface area contributed by atoms with Crippen molar-refractivity contribution in [3.8, 4) is 0 Å². The number of nitrogen functional groups attached to an aromatic ring is 1. The van der Waals surface area contributed by atoms with Gasteiger partial charge in [-0.25, -0.2) is 4.79 Å². The number of hydrogen-bond acceptors (Lipinski definition) is 4. The molecule has 1 heterocycles. The lowest BCUT2D eigenvalue weighted by Crippen LogP contribution is -2.24. The molecular weight excluding hydrogens is 168 g/mol. The Bertz CT molecular complexity index is 320. The molecule has 1 aromatic rings. The molecule has 0 spiro atoms. The minimum Gasteiger partial charge on any atom is -0.383 e. The fraction of sp³-hybridized carbons (Fsp3) is 0.500. The predicted molar refractivity (Wildman–Crippen MR) is 51.5 cm³/mol. The summed E-state index contributed by atoms with van der Waals surface area (Å²) in [6.45, 7) is 1.56. The first-order valence-electron chi connectivity index (χ1n) is 4.21. The molecule has 0 aliphatic carbocycles. The first kappa shape index (κ1) is 9.73. The van der Waals surface area contributed by atoms with Gasteiger partial charge in [-0.1, -0.05) is 0 Å². The minimum atomic E-state index is -0.281. The molecule has 0 saturated heterocycles. The molecule has 5 heteroatoms. The SMILES string of the molecule is CNCCCn1ccc(N)nc1=O. The van der Waals surface area contributed by atoms with Gasteiger partial charge in [0.15, 0.2) is 0 Å². The second kappa shape index (κ2) is 4.61. The highest BCUT2D eigenvalue weighted by Crippen LogP contribution is 1.90. The summed E-state index contributed by atoms with van der Waals surface area (Å²) in [7, 11) is 1.88. The van der Waals surface area contributed by atoms with E-state index in [0.29, 0.717) is 6.54 Å². The highest BCUT2D eigenvalue weighted by molar-refractivity contribution is 5.23. The molecule has 0 aliphatic heterocycles. The molecule has 0 atom stereocenters. The van der Waals surface area contributed by atoms with Gasteiger partial charge in [-0.2, -0.15) is 4.98 Å². The van der Waals surface area contributed by atoms with Crippen LogP contribution < -0.4 is 16.7 Å². The van der Waals surface area contributed by atoms with Crippen LogP contribution in [0.2, 0.25) is 0 Å². The van der Waals surface area contributed by atoms with E-state index in [4.69, 9.17) is 5.73 Å². The fourth-order valence-electron chi connectivity index (χ4n) is 1.04. The van der Waals surface area contributed by atoms with Gasteiger partial charge in [-0.3, -0.25) is 4.57 Å². The zero-order valence-electron chi connectivity index (χ0n) is 7.66. The number of aryl methyl sites for hydroxylation is 1. The number of nitrogens with zero attached hydrogens (tertiary/aromatic N) is 2. The Balaban J connectivity index is 2.62. The summed E-state index contributed by atoms with van der Waals surface area (Å²) in [5.74, 6) is 0.273. The van der Waals surface area contributed by atoms with Gasteiger partial charge in [0.25, 0.3) is 0 Å². The number of nitrogens with one attached hydrogen (secondary N) is 1. The number of rotatable bonds is 4. The van der Waals surface area contributed by atoms with Crippen molar-refractivity contribution in [3.05, 3.63) is 22.7 Å². The second-order valence-corrected chi connectivity index (χ2v) is 2.79. The summed E-state index contributed by atoms with van der Waals surface area (Å²) >= 11 is 0. The van der Waals surface area contributed by atoms with Crippen LogP contribution in [0.15, 0.2) is 17.1 Å². The van der Waals surface area contributed by atoms with Gasteiger partial charge in [0.05, 0.1) is 0 Å². The first-order valence-corrected chi connectivity index (χ1v) is 4.21. The maximum Gasteiger partial charge on any atom is 0.349 e. The number of aromatic nitrogens is 2. The molecule has 0 fully saturated rings. The molecule has 5 nitrogen and oxygen atoms in total. The van der Waals surface area contributed by atoms with Crippen molar-refractivity contribution in [1.29, 1.82) is 0 Å². The molecule has 1 aromatic heterocycles.